The summed E-state index contributed by atoms with van der Waals surface area (Å²) < 4.78 is 26.3. The van der Waals surface area contributed by atoms with Gasteiger partial charge in [0.25, 0.3) is 0 Å². The molecular weight excluding hydrogens is 250 g/mol. The molecule has 1 amide bonds. The molecule has 0 aromatic heterocycles. The highest BCUT2D eigenvalue weighted by atomic mass is 19.2. The summed E-state index contributed by atoms with van der Waals surface area (Å²) in [5, 5.41) is 3.19. The normalized spacial score (nSPS) is 19.3. The Labute approximate surface area is 111 Å². The Morgan fingerprint density at radius 1 is 1.32 bits per heavy atom. The van der Waals surface area contributed by atoms with Crippen LogP contribution in [0.5, 0.6) is 0 Å². The average molecular weight is 268 g/mol. The summed E-state index contributed by atoms with van der Waals surface area (Å²) in [6.07, 6.45) is 4.13. The molecule has 1 aliphatic rings. The number of primary amides is 1. The summed E-state index contributed by atoms with van der Waals surface area (Å²) >= 11 is 0. The molecule has 3 N–H and O–H groups in total. The maximum Gasteiger partial charge on any atom is 0.242 e. The second-order valence-corrected chi connectivity index (χ2v) is 5.24. The fraction of sp³-hybridized carbons (Fsp3) is 0.500. The van der Waals surface area contributed by atoms with E-state index >= 15 is 0 Å². The highest BCUT2D eigenvalue weighted by molar-refractivity contribution is 5.85. The van der Waals surface area contributed by atoms with Crippen LogP contribution in [0.3, 0.4) is 0 Å². The van der Waals surface area contributed by atoms with Gasteiger partial charge in [-0.3, -0.25) is 10.1 Å². The standard InChI is InChI=1S/C14H18F2N2O/c1-14(13(17)19,18-10-4-2-3-5-10)9-6-7-11(15)12(16)8-9/h6-8,10,18H,2-5H2,1H3,(H2,17,19). The number of carbonyl (C=O) groups is 1. The number of hydrogen-bond acceptors (Lipinski definition) is 2. The Balaban J connectivity index is 2.31. The van der Waals surface area contributed by atoms with Gasteiger partial charge in [-0.1, -0.05) is 18.9 Å². The van der Waals surface area contributed by atoms with E-state index in [0.717, 1.165) is 37.8 Å². The second kappa shape index (κ2) is 5.25. The molecule has 1 fully saturated rings. The maximum atomic E-state index is 13.3. The fourth-order valence-electron chi connectivity index (χ4n) is 2.58. The molecule has 0 aliphatic heterocycles. The third kappa shape index (κ3) is 2.76. The Morgan fingerprint density at radius 2 is 1.95 bits per heavy atom. The summed E-state index contributed by atoms with van der Waals surface area (Å²) in [4.78, 5) is 11.7. The van der Waals surface area contributed by atoms with Crippen LogP contribution in [0.25, 0.3) is 0 Å². The molecule has 1 aromatic carbocycles. The first-order valence-electron chi connectivity index (χ1n) is 6.46. The van der Waals surface area contributed by atoms with E-state index in [2.05, 4.69) is 5.32 Å². The Bertz CT molecular complexity index is 486. The quantitative estimate of drug-likeness (QED) is 0.879. The van der Waals surface area contributed by atoms with E-state index in [1.807, 2.05) is 0 Å². The smallest absolute Gasteiger partial charge is 0.242 e. The summed E-state index contributed by atoms with van der Waals surface area (Å²) in [6, 6.07) is 3.63. The minimum Gasteiger partial charge on any atom is -0.368 e. The van der Waals surface area contributed by atoms with Crippen molar-refractivity contribution in [2.75, 3.05) is 0 Å². The summed E-state index contributed by atoms with van der Waals surface area (Å²) in [7, 11) is 0. The zero-order valence-corrected chi connectivity index (χ0v) is 10.9. The summed E-state index contributed by atoms with van der Waals surface area (Å²) in [5.41, 5.74) is 4.63. The van der Waals surface area contributed by atoms with Crippen LogP contribution in [0.15, 0.2) is 18.2 Å². The van der Waals surface area contributed by atoms with E-state index in [4.69, 9.17) is 5.73 Å². The molecule has 5 heteroatoms. The zero-order chi connectivity index (χ0) is 14.0. The number of amides is 1. The predicted octanol–water partition coefficient (Wildman–Crippen LogP) is 2.20. The number of carbonyl (C=O) groups excluding carboxylic acids is 1. The third-order valence-corrected chi connectivity index (χ3v) is 3.84. The maximum absolute atomic E-state index is 13.3. The van der Waals surface area contributed by atoms with Gasteiger partial charge in [0.1, 0.15) is 5.54 Å². The van der Waals surface area contributed by atoms with Crippen molar-refractivity contribution in [1.82, 2.24) is 5.32 Å². The molecule has 19 heavy (non-hydrogen) atoms. The van der Waals surface area contributed by atoms with Gasteiger partial charge < -0.3 is 5.73 Å². The molecule has 1 saturated carbocycles. The number of benzene rings is 1. The van der Waals surface area contributed by atoms with E-state index in [0.29, 0.717) is 5.56 Å². The molecule has 3 nitrogen and oxygen atoms in total. The van der Waals surface area contributed by atoms with Gasteiger partial charge in [0.2, 0.25) is 5.91 Å². The molecule has 1 atom stereocenters. The molecule has 0 heterocycles. The minimum absolute atomic E-state index is 0.186. The van der Waals surface area contributed by atoms with Crippen LogP contribution in [-0.2, 0) is 10.3 Å². The molecule has 0 saturated heterocycles. The van der Waals surface area contributed by atoms with Gasteiger partial charge in [0.15, 0.2) is 11.6 Å². The lowest BCUT2D eigenvalue weighted by atomic mass is 9.89. The predicted molar refractivity (Wildman–Crippen MR) is 68.3 cm³/mol. The Hall–Kier alpha value is -1.49. The van der Waals surface area contributed by atoms with Crippen molar-refractivity contribution in [2.45, 2.75) is 44.2 Å². The number of nitrogens with two attached hydrogens (primary N) is 1. The van der Waals surface area contributed by atoms with E-state index in [9.17, 15) is 13.6 Å². The second-order valence-electron chi connectivity index (χ2n) is 5.24. The monoisotopic (exact) mass is 268 g/mol. The van der Waals surface area contributed by atoms with Gasteiger partial charge >= 0.3 is 0 Å². The van der Waals surface area contributed by atoms with Crippen LogP contribution in [0.2, 0.25) is 0 Å². The van der Waals surface area contributed by atoms with Crippen molar-refractivity contribution in [3.63, 3.8) is 0 Å². The number of nitrogens with one attached hydrogen (secondary N) is 1. The Kier molecular flexibility index (Phi) is 3.85. The minimum atomic E-state index is -1.18. The lowest BCUT2D eigenvalue weighted by molar-refractivity contribution is -0.124. The Morgan fingerprint density at radius 3 is 2.47 bits per heavy atom. The van der Waals surface area contributed by atoms with Crippen LogP contribution in [0, 0.1) is 11.6 Å². The van der Waals surface area contributed by atoms with Gasteiger partial charge in [-0.25, -0.2) is 8.78 Å². The van der Waals surface area contributed by atoms with E-state index in [1.54, 1.807) is 6.92 Å². The molecule has 0 bridgehead atoms. The zero-order valence-electron chi connectivity index (χ0n) is 10.9. The molecule has 1 unspecified atom stereocenters. The van der Waals surface area contributed by atoms with Gasteiger partial charge in [-0.15, -0.1) is 0 Å². The molecule has 0 spiro atoms. The van der Waals surface area contributed by atoms with E-state index in [-0.39, 0.29) is 6.04 Å². The van der Waals surface area contributed by atoms with Gasteiger partial charge in [-0.2, -0.15) is 0 Å². The van der Waals surface area contributed by atoms with E-state index in [1.165, 1.54) is 6.07 Å². The number of hydrogen-bond donors (Lipinski definition) is 2. The summed E-state index contributed by atoms with van der Waals surface area (Å²) in [5.74, 6) is -2.50. The SMILES string of the molecule is CC(NC1CCCC1)(C(N)=O)c1ccc(F)c(F)c1. The van der Waals surface area contributed by atoms with E-state index < -0.39 is 23.1 Å². The first-order chi connectivity index (χ1) is 8.93. The van der Waals surface area contributed by atoms with Crippen molar-refractivity contribution in [2.24, 2.45) is 5.73 Å². The summed E-state index contributed by atoms with van der Waals surface area (Å²) in [6.45, 7) is 1.61. The first kappa shape index (κ1) is 13.9. The van der Waals surface area contributed by atoms with Crippen LogP contribution in [0.4, 0.5) is 8.78 Å². The van der Waals surface area contributed by atoms with Crippen molar-refractivity contribution in [3.8, 4) is 0 Å². The lowest BCUT2D eigenvalue weighted by Gasteiger charge is -2.31. The number of rotatable bonds is 4. The fourth-order valence-corrected chi connectivity index (χ4v) is 2.58. The highest BCUT2D eigenvalue weighted by Gasteiger charge is 2.36. The molecular formula is C14H18F2N2O. The molecule has 0 radical (unpaired) electrons. The van der Waals surface area contributed by atoms with Crippen molar-refractivity contribution < 1.29 is 13.6 Å². The average Bonchev–Trinajstić information content (AvgIpc) is 2.85. The van der Waals surface area contributed by atoms with Gasteiger partial charge in [-0.05, 0) is 37.5 Å². The van der Waals surface area contributed by atoms with Crippen LogP contribution in [0.1, 0.15) is 38.2 Å². The van der Waals surface area contributed by atoms with Crippen LogP contribution < -0.4 is 11.1 Å². The van der Waals surface area contributed by atoms with Crippen molar-refractivity contribution >= 4 is 5.91 Å². The lowest BCUT2D eigenvalue weighted by Crippen LogP contribution is -2.53. The molecule has 1 aromatic rings. The van der Waals surface area contributed by atoms with Crippen LogP contribution >= 0.6 is 0 Å². The first-order valence-corrected chi connectivity index (χ1v) is 6.46. The van der Waals surface area contributed by atoms with Gasteiger partial charge in [0, 0.05) is 6.04 Å². The van der Waals surface area contributed by atoms with Crippen LogP contribution in [-0.4, -0.2) is 11.9 Å². The molecule has 2 rings (SSSR count). The van der Waals surface area contributed by atoms with Gasteiger partial charge in [0.05, 0.1) is 0 Å². The highest BCUT2D eigenvalue weighted by Crippen LogP contribution is 2.27. The van der Waals surface area contributed by atoms with Crippen molar-refractivity contribution in [1.29, 1.82) is 0 Å². The number of halogens is 2. The largest absolute Gasteiger partial charge is 0.368 e. The molecule has 104 valence electrons. The third-order valence-electron chi connectivity index (χ3n) is 3.84. The molecule has 1 aliphatic carbocycles. The van der Waals surface area contributed by atoms with Crippen molar-refractivity contribution in [3.05, 3.63) is 35.4 Å². The topological polar surface area (TPSA) is 55.1 Å².